The Morgan fingerprint density at radius 2 is 1.89 bits per heavy atom. The van der Waals surface area contributed by atoms with E-state index in [1.54, 1.807) is 17.5 Å². The van der Waals surface area contributed by atoms with E-state index in [2.05, 4.69) is 51.7 Å². The molecule has 1 fully saturated rings. The molecule has 2 aliphatic rings. The standard InChI is InChI=1S/C20H28N4O2S2/c1-22-9-11-24(12-10-22)19(15-21-28(25,26)20-4-3-13-27-20)16-5-6-18-17(14-16)7-8-23(18)2/h3-6,13-14,19,21H,7-12,15H2,1-2H3. The summed E-state index contributed by atoms with van der Waals surface area (Å²) in [5, 5.41) is 1.80. The molecule has 0 saturated carbocycles. The smallest absolute Gasteiger partial charge is 0.250 e. The number of likely N-dealkylation sites (N-methyl/N-ethyl adjacent to an activating group) is 2. The van der Waals surface area contributed by atoms with Crippen LogP contribution < -0.4 is 9.62 Å². The molecule has 0 aliphatic carbocycles. The highest BCUT2D eigenvalue weighted by molar-refractivity contribution is 7.91. The molecule has 4 rings (SSSR count). The molecule has 0 spiro atoms. The first-order valence-corrected chi connectivity index (χ1v) is 12.1. The Morgan fingerprint density at radius 1 is 1.11 bits per heavy atom. The maximum absolute atomic E-state index is 12.7. The van der Waals surface area contributed by atoms with Gasteiger partial charge in [0.05, 0.1) is 0 Å². The molecule has 1 N–H and O–H groups in total. The van der Waals surface area contributed by atoms with Crippen LogP contribution in [0, 0.1) is 0 Å². The van der Waals surface area contributed by atoms with Gasteiger partial charge in [0.15, 0.2) is 0 Å². The third-order valence-electron chi connectivity index (χ3n) is 5.82. The number of nitrogens with zero attached hydrogens (tertiary/aromatic N) is 3. The summed E-state index contributed by atoms with van der Waals surface area (Å²) in [5.74, 6) is 0. The van der Waals surface area contributed by atoms with Crippen molar-refractivity contribution in [3.05, 3.63) is 46.8 Å². The fourth-order valence-corrected chi connectivity index (χ4v) is 6.14. The van der Waals surface area contributed by atoms with Crippen LogP contribution in [0.4, 0.5) is 5.69 Å². The summed E-state index contributed by atoms with van der Waals surface area (Å²) in [5.41, 5.74) is 3.85. The van der Waals surface area contributed by atoms with Crippen molar-refractivity contribution in [2.75, 3.05) is 58.3 Å². The Hall–Kier alpha value is -1.45. The molecule has 1 saturated heterocycles. The van der Waals surface area contributed by atoms with E-state index in [0.29, 0.717) is 10.8 Å². The van der Waals surface area contributed by atoms with Crippen molar-refractivity contribution in [3.63, 3.8) is 0 Å². The fraction of sp³-hybridized carbons (Fsp3) is 0.500. The number of sulfonamides is 1. The SMILES string of the molecule is CN1CCN(C(CNS(=O)(=O)c2cccs2)c2ccc3c(c2)CCN3C)CC1. The molecule has 1 atom stereocenters. The van der Waals surface area contributed by atoms with Crippen molar-refractivity contribution < 1.29 is 8.42 Å². The maximum atomic E-state index is 12.7. The Balaban J connectivity index is 1.57. The minimum atomic E-state index is -3.47. The molecule has 1 aromatic carbocycles. The molecule has 0 bridgehead atoms. The van der Waals surface area contributed by atoms with E-state index >= 15 is 0 Å². The zero-order valence-electron chi connectivity index (χ0n) is 16.5. The van der Waals surface area contributed by atoms with Crippen molar-refractivity contribution >= 4 is 27.0 Å². The van der Waals surface area contributed by atoms with Crippen LogP contribution in [0.2, 0.25) is 0 Å². The number of hydrogen-bond acceptors (Lipinski definition) is 6. The topological polar surface area (TPSA) is 55.9 Å². The molecular weight excluding hydrogens is 392 g/mol. The summed E-state index contributed by atoms with van der Waals surface area (Å²) < 4.78 is 28.6. The Morgan fingerprint density at radius 3 is 2.61 bits per heavy atom. The molecular formula is C20H28N4O2S2. The van der Waals surface area contributed by atoms with Crippen molar-refractivity contribution in [2.24, 2.45) is 0 Å². The largest absolute Gasteiger partial charge is 0.374 e. The van der Waals surface area contributed by atoms with Crippen LogP contribution in [0.3, 0.4) is 0 Å². The lowest BCUT2D eigenvalue weighted by molar-refractivity contribution is 0.113. The van der Waals surface area contributed by atoms with Gasteiger partial charge in [0.25, 0.3) is 0 Å². The van der Waals surface area contributed by atoms with Gasteiger partial charge >= 0.3 is 0 Å². The van der Waals surface area contributed by atoms with E-state index in [0.717, 1.165) is 39.1 Å². The lowest BCUT2D eigenvalue weighted by atomic mass is 10.0. The second kappa shape index (κ2) is 8.12. The molecule has 152 valence electrons. The van der Waals surface area contributed by atoms with Gasteiger partial charge in [0.2, 0.25) is 10.0 Å². The van der Waals surface area contributed by atoms with Crippen LogP contribution in [-0.2, 0) is 16.4 Å². The van der Waals surface area contributed by atoms with Crippen LogP contribution in [-0.4, -0.2) is 71.6 Å². The Bertz CT molecular complexity index is 906. The molecule has 0 amide bonds. The number of fused-ring (bicyclic) bond motifs is 1. The van der Waals surface area contributed by atoms with Crippen molar-refractivity contribution in [1.82, 2.24) is 14.5 Å². The van der Waals surface area contributed by atoms with E-state index in [4.69, 9.17) is 0 Å². The van der Waals surface area contributed by atoms with Crippen molar-refractivity contribution in [2.45, 2.75) is 16.7 Å². The normalized spacial score (nSPS) is 19.7. The summed E-state index contributed by atoms with van der Waals surface area (Å²) in [4.78, 5) is 7.02. The molecule has 0 radical (unpaired) electrons. The van der Waals surface area contributed by atoms with Crippen LogP contribution in [0.5, 0.6) is 0 Å². The molecule has 3 heterocycles. The Labute approximate surface area is 171 Å². The van der Waals surface area contributed by atoms with E-state index < -0.39 is 10.0 Å². The molecule has 2 aromatic rings. The third-order valence-corrected chi connectivity index (χ3v) is 8.64. The minimum Gasteiger partial charge on any atom is -0.374 e. The highest BCUT2D eigenvalue weighted by Crippen LogP contribution is 2.31. The lowest BCUT2D eigenvalue weighted by Crippen LogP contribution is -2.48. The van der Waals surface area contributed by atoms with Crippen LogP contribution >= 0.6 is 11.3 Å². The second-order valence-corrected chi connectivity index (χ2v) is 10.6. The van der Waals surface area contributed by atoms with E-state index in [1.807, 2.05) is 0 Å². The Kier molecular flexibility index (Phi) is 5.76. The number of piperazine rings is 1. The van der Waals surface area contributed by atoms with E-state index in [1.165, 1.54) is 28.2 Å². The van der Waals surface area contributed by atoms with Gasteiger partial charge in [-0.15, -0.1) is 11.3 Å². The van der Waals surface area contributed by atoms with Gasteiger partial charge in [-0.05, 0) is 42.1 Å². The lowest BCUT2D eigenvalue weighted by Gasteiger charge is -2.38. The predicted molar refractivity (Wildman–Crippen MR) is 115 cm³/mol. The predicted octanol–water partition coefficient (Wildman–Crippen LogP) is 2.01. The first-order valence-electron chi connectivity index (χ1n) is 9.74. The number of rotatable bonds is 6. The molecule has 1 aromatic heterocycles. The maximum Gasteiger partial charge on any atom is 0.250 e. The first-order chi connectivity index (χ1) is 13.4. The molecule has 1 unspecified atom stereocenters. The molecule has 28 heavy (non-hydrogen) atoms. The summed E-state index contributed by atoms with van der Waals surface area (Å²) >= 11 is 1.25. The second-order valence-electron chi connectivity index (χ2n) is 7.70. The van der Waals surface area contributed by atoms with Crippen molar-refractivity contribution in [3.8, 4) is 0 Å². The van der Waals surface area contributed by atoms with Crippen LogP contribution in [0.15, 0.2) is 39.9 Å². The van der Waals surface area contributed by atoms with E-state index in [9.17, 15) is 8.42 Å². The van der Waals surface area contributed by atoms with Crippen molar-refractivity contribution in [1.29, 1.82) is 0 Å². The number of benzene rings is 1. The average Bonchev–Trinajstić information content (AvgIpc) is 3.34. The van der Waals surface area contributed by atoms with Gasteiger partial charge in [-0.2, -0.15) is 0 Å². The van der Waals surface area contributed by atoms with Gasteiger partial charge in [0, 0.05) is 58.0 Å². The number of nitrogens with one attached hydrogen (secondary N) is 1. The first kappa shape index (κ1) is 19.8. The summed E-state index contributed by atoms with van der Waals surface area (Å²) in [6.45, 7) is 5.32. The number of hydrogen-bond donors (Lipinski definition) is 1. The zero-order chi connectivity index (χ0) is 19.7. The van der Waals surface area contributed by atoms with Gasteiger partial charge in [-0.25, -0.2) is 13.1 Å². The van der Waals surface area contributed by atoms with Gasteiger partial charge in [-0.3, -0.25) is 4.90 Å². The number of anilines is 1. The van der Waals surface area contributed by atoms with Gasteiger partial charge in [0.1, 0.15) is 4.21 Å². The molecule has 2 aliphatic heterocycles. The number of thiophene rings is 1. The summed E-state index contributed by atoms with van der Waals surface area (Å²) in [6, 6.07) is 10.1. The highest BCUT2D eigenvalue weighted by atomic mass is 32.2. The van der Waals surface area contributed by atoms with Crippen LogP contribution in [0.25, 0.3) is 0 Å². The molecule has 8 heteroatoms. The van der Waals surface area contributed by atoms with Crippen LogP contribution in [0.1, 0.15) is 17.2 Å². The minimum absolute atomic E-state index is 0.0413. The summed E-state index contributed by atoms with van der Waals surface area (Å²) in [6.07, 6.45) is 1.05. The molecule has 6 nitrogen and oxygen atoms in total. The zero-order valence-corrected chi connectivity index (χ0v) is 18.1. The monoisotopic (exact) mass is 420 g/mol. The fourth-order valence-electron chi connectivity index (χ4n) is 4.06. The van der Waals surface area contributed by atoms with Gasteiger partial charge < -0.3 is 9.80 Å². The summed E-state index contributed by atoms with van der Waals surface area (Å²) in [7, 11) is 0.793. The quantitative estimate of drug-likeness (QED) is 0.775. The van der Waals surface area contributed by atoms with E-state index in [-0.39, 0.29) is 6.04 Å². The average molecular weight is 421 g/mol. The third kappa shape index (κ3) is 4.11. The van der Waals surface area contributed by atoms with Gasteiger partial charge in [-0.1, -0.05) is 18.2 Å². The highest BCUT2D eigenvalue weighted by Gasteiger charge is 2.27.